The van der Waals surface area contributed by atoms with E-state index in [4.69, 9.17) is 5.11 Å². The smallest absolute Gasteiger partial charge is 0.307 e. The highest BCUT2D eigenvalue weighted by Gasteiger charge is 2.46. The summed E-state index contributed by atoms with van der Waals surface area (Å²) in [5.41, 5.74) is 2.22. The Labute approximate surface area is 110 Å². The molecule has 0 spiro atoms. The number of aliphatic carboxylic acids is 1. The van der Waals surface area contributed by atoms with E-state index in [0.29, 0.717) is 18.1 Å². The molecule has 0 bridgehead atoms. The molecule has 2 aromatic rings. The van der Waals surface area contributed by atoms with Crippen molar-refractivity contribution < 1.29 is 9.90 Å². The molecule has 0 radical (unpaired) electrons. The number of carbonyl (C=O) groups is 1. The Morgan fingerprint density at radius 1 is 1.42 bits per heavy atom. The molecule has 1 aliphatic carbocycles. The molecule has 1 aliphatic rings. The fourth-order valence-electron chi connectivity index (χ4n) is 2.23. The lowest BCUT2D eigenvalue weighted by molar-refractivity contribution is -0.138. The predicted molar refractivity (Wildman–Crippen MR) is 69.7 cm³/mol. The van der Waals surface area contributed by atoms with Gasteiger partial charge in [-0.2, -0.15) is 5.10 Å². The van der Waals surface area contributed by atoms with Gasteiger partial charge in [0.1, 0.15) is 5.82 Å². The Bertz CT molecular complexity index is 603. The Morgan fingerprint density at radius 3 is 2.74 bits per heavy atom. The predicted octanol–water partition coefficient (Wildman–Crippen LogP) is 2.22. The van der Waals surface area contributed by atoms with Gasteiger partial charge < -0.3 is 5.11 Å². The average Bonchev–Trinajstić information content (AvgIpc) is 3.09. The lowest BCUT2D eigenvalue weighted by Gasteiger charge is -1.97. The summed E-state index contributed by atoms with van der Waals surface area (Å²) in [7, 11) is 0. The van der Waals surface area contributed by atoms with Gasteiger partial charge in [0.25, 0.3) is 0 Å². The van der Waals surface area contributed by atoms with Crippen molar-refractivity contribution in [2.75, 3.05) is 0 Å². The molecule has 0 saturated heterocycles. The lowest BCUT2D eigenvalue weighted by Crippen LogP contribution is -1.99. The fraction of sp³-hybridized carbons (Fsp3) is 0.357. The maximum absolute atomic E-state index is 10.8. The molecule has 0 unspecified atom stereocenters. The van der Waals surface area contributed by atoms with Crippen LogP contribution in [0.2, 0.25) is 0 Å². The van der Waals surface area contributed by atoms with Crippen LogP contribution in [-0.4, -0.2) is 26.3 Å². The number of aromatic nitrogens is 3. The van der Waals surface area contributed by atoms with Gasteiger partial charge in [-0.05, 0) is 18.4 Å². The van der Waals surface area contributed by atoms with Gasteiger partial charge in [0.15, 0.2) is 5.82 Å². The monoisotopic (exact) mass is 257 g/mol. The second-order valence-corrected chi connectivity index (χ2v) is 4.88. The first-order valence-electron chi connectivity index (χ1n) is 6.43. The van der Waals surface area contributed by atoms with Crippen LogP contribution in [0.4, 0.5) is 0 Å². The topological polar surface area (TPSA) is 78.9 Å². The summed E-state index contributed by atoms with van der Waals surface area (Å²) >= 11 is 0. The van der Waals surface area contributed by atoms with E-state index in [1.807, 2.05) is 12.1 Å². The number of nitrogens with one attached hydrogen (secondary N) is 1. The van der Waals surface area contributed by atoms with Crippen LogP contribution in [0.1, 0.15) is 30.7 Å². The molecule has 5 heteroatoms. The van der Waals surface area contributed by atoms with E-state index in [1.54, 1.807) is 0 Å². The van der Waals surface area contributed by atoms with Crippen molar-refractivity contribution in [1.29, 1.82) is 0 Å². The highest BCUT2D eigenvalue weighted by atomic mass is 16.4. The highest BCUT2D eigenvalue weighted by molar-refractivity contribution is 5.74. The van der Waals surface area contributed by atoms with Crippen molar-refractivity contribution in [1.82, 2.24) is 15.2 Å². The standard InChI is InChI=1S/C14H15N3O2/c1-2-8-3-5-9(6-4-8)12-15-13(17-16-12)10-7-11(10)14(18)19/h3-6,10-11H,2,7H2,1H3,(H,18,19)(H,15,16,17)/t10-,11-/m1/s1. The van der Waals surface area contributed by atoms with Gasteiger partial charge >= 0.3 is 5.97 Å². The van der Waals surface area contributed by atoms with Crippen molar-refractivity contribution in [2.45, 2.75) is 25.7 Å². The van der Waals surface area contributed by atoms with Crippen molar-refractivity contribution in [3.63, 3.8) is 0 Å². The molecule has 2 atom stereocenters. The van der Waals surface area contributed by atoms with Crippen LogP contribution in [0, 0.1) is 5.92 Å². The zero-order valence-electron chi connectivity index (χ0n) is 10.6. The minimum atomic E-state index is -0.754. The first-order chi connectivity index (χ1) is 9.19. The average molecular weight is 257 g/mol. The number of aryl methyl sites for hydroxylation is 1. The maximum atomic E-state index is 10.8. The van der Waals surface area contributed by atoms with E-state index in [-0.39, 0.29) is 11.8 Å². The number of aromatic amines is 1. The van der Waals surface area contributed by atoms with E-state index in [0.717, 1.165) is 12.0 Å². The SMILES string of the molecule is CCc1ccc(-c2n[nH]c([C@@H]3C[C@H]3C(=O)O)n2)cc1. The quantitative estimate of drug-likeness (QED) is 0.880. The summed E-state index contributed by atoms with van der Waals surface area (Å²) in [4.78, 5) is 15.2. The van der Waals surface area contributed by atoms with Crippen molar-refractivity contribution in [3.8, 4) is 11.4 Å². The number of benzene rings is 1. The summed E-state index contributed by atoms with van der Waals surface area (Å²) in [5.74, 6) is 0.253. The maximum Gasteiger partial charge on any atom is 0.307 e. The molecule has 19 heavy (non-hydrogen) atoms. The van der Waals surface area contributed by atoms with E-state index in [1.165, 1.54) is 5.56 Å². The third-order valence-electron chi connectivity index (χ3n) is 3.58. The number of nitrogens with zero attached hydrogens (tertiary/aromatic N) is 2. The number of carboxylic acid groups (broad SMARTS) is 1. The third kappa shape index (κ3) is 2.23. The van der Waals surface area contributed by atoms with Crippen molar-refractivity contribution in [3.05, 3.63) is 35.7 Å². The minimum Gasteiger partial charge on any atom is -0.481 e. The van der Waals surface area contributed by atoms with E-state index in [9.17, 15) is 4.79 Å². The molecule has 2 N–H and O–H groups in total. The summed E-state index contributed by atoms with van der Waals surface area (Å²) in [6, 6.07) is 8.10. The second kappa shape index (κ2) is 4.50. The first-order valence-corrected chi connectivity index (χ1v) is 6.43. The number of H-pyrrole nitrogens is 1. The van der Waals surface area contributed by atoms with Crippen molar-refractivity contribution >= 4 is 5.97 Å². The van der Waals surface area contributed by atoms with E-state index >= 15 is 0 Å². The van der Waals surface area contributed by atoms with Gasteiger partial charge in [0.2, 0.25) is 0 Å². The van der Waals surface area contributed by atoms with Crippen LogP contribution in [0.25, 0.3) is 11.4 Å². The Hall–Kier alpha value is -2.17. The van der Waals surface area contributed by atoms with Crippen molar-refractivity contribution in [2.24, 2.45) is 5.92 Å². The van der Waals surface area contributed by atoms with Gasteiger partial charge in [0.05, 0.1) is 5.92 Å². The zero-order chi connectivity index (χ0) is 13.4. The zero-order valence-corrected chi connectivity index (χ0v) is 10.6. The van der Waals surface area contributed by atoms with Gasteiger partial charge in [0, 0.05) is 11.5 Å². The molecule has 98 valence electrons. The molecular formula is C14H15N3O2. The van der Waals surface area contributed by atoms with Gasteiger partial charge in [-0.1, -0.05) is 31.2 Å². The summed E-state index contributed by atoms with van der Waals surface area (Å²) in [6.07, 6.45) is 1.65. The van der Waals surface area contributed by atoms with Gasteiger partial charge in [-0.25, -0.2) is 4.98 Å². The Morgan fingerprint density at radius 2 is 2.16 bits per heavy atom. The first kappa shape index (κ1) is 11.9. The molecule has 1 aromatic carbocycles. The molecule has 3 rings (SSSR count). The molecule has 1 aromatic heterocycles. The summed E-state index contributed by atoms with van der Waals surface area (Å²) in [5, 5.41) is 15.9. The summed E-state index contributed by atoms with van der Waals surface area (Å²) in [6.45, 7) is 2.11. The molecule has 0 aliphatic heterocycles. The van der Waals surface area contributed by atoms with E-state index in [2.05, 4.69) is 34.2 Å². The molecule has 5 nitrogen and oxygen atoms in total. The minimum absolute atomic E-state index is 0.00587. The summed E-state index contributed by atoms with van der Waals surface area (Å²) < 4.78 is 0. The fourth-order valence-corrected chi connectivity index (χ4v) is 2.23. The highest BCUT2D eigenvalue weighted by Crippen LogP contribution is 2.46. The molecule has 1 heterocycles. The second-order valence-electron chi connectivity index (χ2n) is 4.88. The van der Waals surface area contributed by atoms with Crippen LogP contribution >= 0.6 is 0 Å². The van der Waals surface area contributed by atoms with Gasteiger partial charge in [-0.15, -0.1) is 0 Å². The van der Waals surface area contributed by atoms with Crippen LogP contribution in [0.5, 0.6) is 0 Å². The lowest BCUT2D eigenvalue weighted by atomic mass is 10.1. The molecule has 0 amide bonds. The number of hydrogen-bond donors (Lipinski definition) is 2. The van der Waals surface area contributed by atoms with Crippen LogP contribution in [-0.2, 0) is 11.2 Å². The Balaban J connectivity index is 1.79. The normalized spacial score (nSPS) is 21.3. The van der Waals surface area contributed by atoms with E-state index < -0.39 is 5.97 Å². The number of rotatable bonds is 4. The Kier molecular flexibility index (Phi) is 2.81. The molecule has 1 saturated carbocycles. The number of hydrogen-bond acceptors (Lipinski definition) is 3. The van der Waals surface area contributed by atoms with Crippen LogP contribution in [0.15, 0.2) is 24.3 Å². The molecule has 1 fully saturated rings. The molecular weight excluding hydrogens is 242 g/mol. The number of carboxylic acids is 1. The van der Waals surface area contributed by atoms with Crippen LogP contribution < -0.4 is 0 Å². The largest absolute Gasteiger partial charge is 0.481 e. The van der Waals surface area contributed by atoms with Gasteiger partial charge in [-0.3, -0.25) is 9.89 Å². The van der Waals surface area contributed by atoms with Crippen LogP contribution in [0.3, 0.4) is 0 Å². The third-order valence-corrected chi connectivity index (χ3v) is 3.58.